The average Bonchev–Trinajstić information content (AvgIpc) is 1.41. The molecule has 0 aromatic heterocycles. The fraction of sp³-hybridized carbons (Fsp3) is 1.00. The zero-order chi connectivity index (χ0) is 4.12. The van der Waals surface area contributed by atoms with E-state index in [9.17, 15) is 4.20 Å². The number of rotatable bonds is 2. The number of hydrogen-bond acceptors (Lipinski definition) is 1. The van der Waals surface area contributed by atoms with Gasteiger partial charge in [0.2, 0.25) is 0 Å². The first-order valence-corrected chi connectivity index (χ1v) is 3.84. The lowest BCUT2D eigenvalue weighted by atomic mass is 11.8. The minimum Gasteiger partial charge on any atom is -0.359 e. The van der Waals surface area contributed by atoms with Gasteiger partial charge in [-0.2, -0.15) is 0 Å². The van der Waals surface area contributed by atoms with Gasteiger partial charge in [0.25, 0.3) is 0 Å². The van der Waals surface area contributed by atoms with Crippen molar-refractivity contribution in [3.05, 3.63) is 0 Å². The lowest BCUT2D eigenvalue weighted by molar-refractivity contribution is 0.484. The molecule has 0 saturated heterocycles. The predicted octanol–water partition coefficient (Wildman–Crippen LogP) is 1.70. The largest absolute Gasteiger partial charge is 0.359 e. The van der Waals surface area contributed by atoms with Crippen LogP contribution < -0.4 is 0 Å². The van der Waals surface area contributed by atoms with Crippen LogP contribution in [0.4, 0.5) is 4.20 Å². The highest BCUT2D eigenvalue weighted by molar-refractivity contribution is 8.07. The van der Waals surface area contributed by atoms with Crippen molar-refractivity contribution in [2.45, 2.75) is 0 Å². The molecule has 0 aliphatic rings. The van der Waals surface area contributed by atoms with Crippen LogP contribution in [0.5, 0.6) is 0 Å². The standard InChI is InChI=1S/CH5FOP2/c1-3-5-4-2/h4-5H,1H3. The van der Waals surface area contributed by atoms with Crippen LogP contribution in [0.1, 0.15) is 0 Å². The van der Waals surface area contributed by atoms with Crippen LogP contribution >= 0.6 is 17.1 Å². The van der Waals surface area contributed by atoms with E-state index in [0.717, 1.165) is 0 Å². The normalized spacial score (nSPS) is 13.2. The maximum atomic E-state index is 10.9. The second-order valence-electron chi connectivity index (χ2n) is 0.401. The van der Waals surface area contributed by atoms with Crippen LogP contribution in [-0.2, 0) is 4.52 Å². The molecule has 0 fully saturated rings. The molecule has 0 aromatic rings. The third-order valence-corrected chi connectivity index (χ3v) is 1.27. The van der Waals surface area contributed by atoms with Gasteiger partial charge < -0.3 is 4.52 Å². The summed E-state index contributed by atoms with van der Waals surface area (Å²) in [5.41, 5.74) is 0. The van der Waals surface area contributed by atoms with Gasteiger partial charge in [-0.25, -0.2) is 4.20 Å². The van der Waals surface area contributed by atoms with E-state index in [-0.39, 0.29) is 8.50 Å². The summed E-state index contributed by atoms with van der Waals surface area (Å²) in [6, 6.07) is 0. The molecule has 0 aromatic carbocycles. The molecule has 0 spiro atoms. The van der Waals surface area contributed by atoms with Gasteiger partial charge >= 0.3 is 0 Å². The average molecular weight is 114 g/mol. The van der Waals surface area contributed by atoms with E-state index in [1.54, 1.807) is 0 Å². The molecule has 0 rings (SSSR count). The lowest BCUT2D eigenvalue weighted by Gasteiger charge is -1.81. The molecule has 2 atom stereocenters. The van der Waals surface area contributed by atoms with Gasteiger partial charge in [0.1, 0.15) is 8.58 Å². The molecule has 0 bridgehead atoms. The molecule has 0 amide bonds. The summed E-state index contributed by atoms with van der Waals surface area (Å²) in [4.78, 5) is 0. The first kappa shape index (κ1) is 5.75. The molecular weight excluding hydrogens is 109 g/mol. The Bertz CT molecular complexity index is 17.1. The van der Waals surface area contributed by atoms with E-state index in [1.165, 1.54) is 7.11 Å². The Hall–Kier alpha value is 0.750. The quantitative estimate of drug-likeness (QED) is 0.496. The van der Waals surface area contributed by atoms with Crippen LogP contribution in [0.15, 0.2) is 0 Å². The Kier molecular flexibility index (Phi) is 5.46. The highest BCUT2D eigenvalue weighted by atomic mass is 32.0. The molecule has 0 N–H and O–H groups in total. The Morgan fingerprint density at radius 1 is 1.80 bits per heavy atom. The van der Waals surface area contributed by atoms with E-state index >= 15 is 0 Å². The van der Waals surface area contributed by atoms with Crippen LogP contribution in [0.3, 0.4) is 0 Å². The third kappa shape index (κ3) is 4.75. The molecule has 4 heteroatoms. The predicted molar refractivity (Wildman–Crippen MR) is 24.7 cm³/mol. The van der Waals surface area contributed by atoms with Crippen LogP contribution in [0, 0.1) is 0 Å². The molecule has 0 saturated carbocycles. The first-order chi connectivity index (χ1) is 2.41. The van der Waals surface area contributed by atoms with E-state index in [2.05, 4.69) is 4.52 Å². The summed E-state index contributed by atoms with van der Waals surface area (Å²) in [6.07, 6.45) is 0. The van der Waals surface area contributed by atoms with E-state index < -0.39 is 8.58 Å². The molecule has 2 unspecified atom stereocenters. The van der Waals surface area contributed by atoms with Crippen molar-refractivity contribution in [3.63, 3.8) is 0 Å². The fourth-order valence-electron chi connectivity index (χ4n) is 0.0386. The van der Waals surface area contributed by atoms with Crippen molar-refractivity contribution >= 4 is 17.1 Å². The topological polar surface area (TPSA) is 9.23 Å². The molecule has 5 heavy (non-hydrogen) atoms. The maximum absolute atomic E-state index is 10.9. The summed E-state index contributed by atoms with van der Waals surface area (Å²) in [5.74, 6) is 0. The number of hydrogen-bond donors (Lipinski definition) is 0. The van der Waals surface area contributed by atoms with E-state index in [0.29, 0.717) is 0 Å². The van der Waals surface area contributed by atoms with Crippen molar-refractivity contribution in [2.75, 3.05) is 7.11 Å². The van der Waals surface area contributed by atoms with Crippen molar-refractivity contribution in [3.8, 4) is 0 Å². The fourth-order valence-corrected chi connectivity index (χ4v) is 0.347. The van der Waals surface area contributed by atoms with E-state index in [4.69, 9.17) is 0 Å². The summed E-state index contributed by atoms with van der Waals surface area (Å²) < 4.78 is 15.3. The van der Waals surface area contributed by atoms with Gasteiger partial charge in [-0.3, -0.25) is 0 Å². The Balaban J connectivity index is 2.19. The van der Waals surface area contributed by atoms with Crippen molar-refractivity contribution in [2.24, 2.45) is 0 Å². The second kappa shape index (κ2) is 4.75. The molecule has 0 heterocycles. The minimum atomic E-state index is -0.537. The molecule has 32 valence electrons. The smallest absolute Gasteiger partial charge is 0.116 e. The highest BCUT2D eigenvalue weighted by Crippen LogP contribution is 2.36. The summed E-state index contributed by atoms with van der Waals surface area (Å²) >= 11 is 0. The zero-order valence-electron chi connectivity index (χ0n) is 2.79. The van der Waals surface area contributed by atoms with Crippen LogP contribution in [0.25, 0.3) is 0 Å². The Morgan fingerprint density at radius 3 is 2.40 bits per heavy atom. The summed E-state index contributed by atoms with van der Waals surface area (Å²) in [6.45, 7) is 0. The van der Waals surface area contributed by atoms with Crippen molar-refractivity contribution < 1.29 is 8.72 Å². The molecule has 0 radical (unpaired) electrons. The van der Waals surface area contributed by atoms with Crippen LogP contribution in [0.2, 0.25) is 0 Å². The Morgan fingerprint density at radius 2 is 2.40 bits per heavy atom. The van der Waals surface area contributed by atoms with Gasteiger partial charge in [0.15, 0.2) is 0 Å². The van der Waals surface area contributed by atoms with Gasteiger partial charge in [0.05, 0.1) is 8.50 Å². The van der Waals surface area contributed by atoms with Gasteiger partial charge in [-0.15, -0.1) is 0 Å². The van der Waals surface area contributed by atoms with E-state index in [1.807, 2.05) is 0 Å². The molecule has 0 aliphatic carbocycles. The van der Waals surface area contributed by atoms with Gasteiger partial charge in [-0.1, -0.05) is 0 Å². The minimum absolute atomic E-state index is 0.0586. The van der Waals surface area contributed by atoms with Crippen molar-refractivity contribution in [1.29, 1.82) is 0 Å². The molecule has 1 nitrogen and oxygen atoms in total. The first-order valence-electron chi connectivity index (χ1n) is 1.05. The zero-order valence-corrected chi connectivity index (χ0v) is 4.79. The Labute approximate surface area is 34.0 Å². The lowest BCUT2D eigenvalue weighted by Crippen LogP contribution is -1.45. The monoisotopic (exact) mass is 114 g/mol. The summed E-state index contributed by atoms with van der Waals surface area (Å²) in [7, 11) is 1.01. The van der Waals surface area contributed by atoms with Crippen LogP contribution in [-0.4, -0.2) is 7.11 Å². The molecular formula is CH5FOP2. The third-order valence-electron chi connectivity index (χ3n) is 0.141. The SMILES string of the molecule is COPPF. The summed E-state index contributed by atoms with van der Waals surface area (Å²) in [5, 5.41) is 0. The molecule has 0 aliphatic heterocycles. The van der Waals surface area contributed by atoms with Gasteiger partial charge in [-0.05, 0) is 0 Å². The van der Waals surface area contributed by atoms with Gasteiger partial charge in [0, 0.05) is 7.11 Å². The highest BCUT2D eigenvalue weighted by Gasteiger charge is 1.70. The number of halogens is 1. The maximum Gasteiger partial charge on any atom is 0.116 e. The second-order valence-corrected chi connectivity index (χ2v) is 2.38. The van der Waals surface area contributed by atoms with Crippen molar-refractivity contribution in [1.82, 2.24) is 0 Å².